The number of hydrogen-bond donors (Lipinski definition) is 0. The van der Waals surface area contributed by atoms with Gasteiger partial charge in [0.1, 0.15) is 0 Å². The highest BCUT2D eigenvalue weighted by Gasteiger charge is 2.42. The predicted octanol–water partition coefficient (Wildman–Crippen LogP) is 5.44. The summed E-state index contributed by atoms with van der Waals surface area (Å²) >= 11 is 0. The number of hydrogen-bond acceptors (Lipinski definition) is 5. The number of fused-ring (bicyclic) bond motifs is 1. The van der Waals surface area contributed by atoms with Crippen molar-refractivity contribution in [2.75, 3.05) is 0 Å². The monoisotopic (exact) mass is 364 g/mol. The zero-order valence-electron chi connectivity index (χ0n) is 15.3. The Morgan fingerprint density at radius 3 is 2.00 bits per heavy atom. The smallest absolute Gasteiger partial charge is 0.376 e. The van der Waals surface area contributed by atoms with Gasteiger partial charge in [-0.3, -0.25) is 9.36 Å². The molecule has 0 saturated heterocycles. The molecular formula is C19H25O5P. The Morgan fingerprint density at radius 1 is 0.920 bits per heavy atom. The minimum absolute atomic E-state index is 0.344. The van der Waals surface area contributed by atoms with Crippen molar-refractivity contribution in [1.82, 2.24) is 0 Å². The number of esters is 1. The van der Waals surface area contributed by atoms with Crippen molar-refractivity contribution in [3.05, 3.63) is 48.0 Å². The molecule has 0 aliphatic carbocycles. The van der Waals surface area contributed by atoms with Crippen LogP contribution in [0.2, 0.25) is 0 Å². The summed E-state index contributed by atoms with van der Waals surface area (Å²) in [6.45, 7) is 8.34. The van der Waals surface area contributed by atoms with E-state index in [2.05, 4.69) is 0 Å². The molecule has 2 aromatic rings. The third kappa shape index (κ3) is 5.15. The van der Waals surface area contributed by atoms with Crippen molar-refractivity contribution in [1.29, 1.82) is 0 Å². The number of rotatable bonds is 7. The summed E-state index contributed by atoms with van der Waals surface area (Å²) in [6.07, 6.45) is -0.689. The topological polar surface area (TPSA) is 61.8 Å². The molecule has 0 fully saturated rings. The minimum Gasteiger partial charge on any atom is -0.445 e. The molecule has 0 aliphatic rings. The van der Waals surface area contributed by atoms with Gasteiger partial charge in [0.2, 0.25) is 5.85 Å². The maximum Gasteiger partial charge on any atom is 0.376 e. The summed E-state index contributed by atoms with van der Waals surface area (Å²) in [4.78, 5) is 11.7. The van der Waals surface area contributed by atoms with Gasteiger partial charge in [0.15, 0.2) is 0 Å². The summed E-state index contributed by atoms with van der Waals surface area (Å²) in [5.74, 6) is -1.66. The van der Waals surface area contributed by atoms with Gasteiger partial charge in [-0.2, -0.15) is 0 Å². The van der Waals surface area contributed by atoms with Crippen molar-refractivity contribution in [2.24, 2.45) is 0 Å². The first-order valence-electron chi connectivity index (χ1n) is 8.33. The van der Waals surface area contributed by atoms with Gasteiger partial charge in [-0.15, -0.1) is 0 Å². The van der Waals surface area contributed by atoms with Crippen molar-refractivity contribution in [2.45, 2.75) is 52.7 Å². The van der Waals surface area contributed by atoms with Gasteiger partial charge >= 0.3 is 13.6 Å². The first kappa shape index (κ1) is 19.6. The molecule has 5 nitrogen and oxygen atoms in total. The van der Waals surface area contributed by atoms with Crippen LogP contribution >= 0.6 is 7.60 Å². The lowest BCUT2D eigenvalue weighted by atomic mass is 10.1. The molecule has 0 heterocycles. The quantitative estimate of drug-likeness (QED) is 0.483. The van der Waals surface area contributed by atoms with Crippen LogP contribution in [0.1, 0.15) is 46.0 Å². The SMILES string of the molecule is CC(=O)O[C@H](c1ccc2ccccc2c1)P(=O)(OC(C)C)OC(C)C. The number of carbonyl (C=O) groups is 1. The molecule has 0 aliphatic heterocycles. The molecular weight excluding hydrogens is 339 g/mol. The molecule has 0 amide bonds. The van der Waals surface area contributed by atoms with Gasteiger partial charge in [-0.25, -0.2) is 0 Å². The third-order valence-corrected chi connectivity index (χ3v) is 5.75. The standard InChI is InChI=1S/C19H25O5P/c1-13(2)23-25(21,24-14(3)4)19(22-15(5)20)18-11-10-16-8-6-7-9-17(16)12-18/h6-14,19H,1-5H3/t19-/m0/s1. The van der Waals surface area contributed by atoms with E-state index < -0.39 is 19.4 Å². The average molecular weight is 364 g/mol. The summed E-state index contributed by atoms with van der Waals surface area (Å²) < 4.78 is 30.2. The molecule has 25 heavy (non-hydrogen) atoms. The molecule has 0 saturated carbocycles. The molecule has 1 atom stereocenters. The fraction of sp³-hybridized carbons (Fsp3) is 0.421. The Balaban J connectivity index is 2.54. The molecule has 2 rings (SSSR count). The average Bonchev–Trinajstić information content (AvgIpc) is 2.50. The normalized spacial score (nSPS) is 13.4. The van der Waals surface area contributed by atoms with Crippen LogP contribution in [-0.4, -0.2) is 18.2 Å². The number of carbonyl (C=O) groups excluding carboxylic acids is 1. The lowest BCUT2D eigenvalue weighted by Gasteiger charge is -2.29. The first-order chi connectivity index (χ1) is 11.7. The summed E-state index contributed by atoms with van der Waals surface area (Å²) in [7, 11) is -3.74. The van der Waals surface area contributed by atoms with E-state index in [4.69, 9.17) is 13.8 Å². The molecule has 0 unspecified atom stereocenters. The summed E-state index contributed by atoms with van der Waals surface area (Å²) in [5, 5.41) is 2.00. The van der Waals surface area contributed by atoms with E-state index in [1.165, 1.54) is 6.92 Å². The van der Waals surface area contributed by atoms with Crippen LogP contribution in [0.25, 0.3) is 10.8 Å². The largest absolute Gasteiger partial charge is 0.445 e. The molecule has 0 bridgehead atoms. The predicted molar refractivity (Wildman–Crippen MR) is 98.5 cm³/mol. The van der Waals surface area contributed by atoms with E-state index in [1.54, 1.807) is 33.8 Å². The Labute approximate surface area is 148 Å². The third-order valence-electron chi connectivity index (χ3n) is 3.34. The fourth-order valence-electron chi connectivity index (χ4n) is 2.56. The maximum absolute atomic E-state index is 13.5. The minimum atomic E-state index is -3.74. The second-order valence-electron chi connectivity index (χ2n) is 6.42. The van der Waals surface area contributed by atoms with E-state index in [0.717, 1.165) is 10.8 Å². The molecule has 136 valence electrons. The van der Waals surface area contributed by atoms with Crippen LogP contribution < -0.4 is 0 Å². The first-order valence-corrected chi connectivity index (χ1v) is 9.95. The summed E-state index contributed by atoms with van der Waals surface area (Å²) in [5.41, 5.74) is 0.582. The highest BCUT2D eigenvalue weighted by molar-refractivity contribution is 7.54. The van der Waals surface area contributed by atoms with Crippen LogP contribution in [-0.2, 0) is 23.1 Å². The van der Waals surface area contributed by atoms with Gasteiger partial charge < -0.3 is 13.8 Å². The van der Waals surface area contributed by atoms with Crippen molar-refractivity contribution >= 4 is 24.3 Å². The number of benzene rings is 2. The summed E-state index contributed by atoms with van der Waals surface area (Å²) in [6, 6.07) is 13.3. The molecule has 0 N–H and O–H groups in total. The zero-order chi connectivity index (χ0) is 18.6. The second-order valence-corrected chi connectivity index (χ2v) is 8.39. The van der Waals surface area contributed by atoms with Crippen molar-refractivity contribution < 1.29 is 23.1 Å². The molecule has 6 heteroatoms. The van der Waals surface area contributed by atoms with Gasteiger partial charge in [0.05, 0.1) is 12.2 Å². The highest BCUT2D eigenvalue weighted by atomic mass is 31.2. The van der Waals surface area contributed by atoms with Crippen LogP contribution in [0.15, 0.2) is 42.5 Å². The van der Waals surface area contributed by atoms with E-state index >= 15 is 0 Å². The van der Waals surface area contributed by atoms with Crippen LogP contribution in [0.3, 0.4) is 0 Å². The van der Waals surface area contributed by atoms with E-state index in [1.807, 2.05) is 36.4 Å². The van der Waals surface area contributed by atoms with E-state index in [0.29, 0.717) is 5.56 Å². The lowest BCUT2D eigenvalue weighted by molar-refractivity contribution is -0.144. The molecule has 0 aromatic heterocycles. The van der Waals surface area contributed by atoms with Gasteiger partial charge in [0.25, 0.3) is 0 Å². The Hall–Kier alpha value is -1.68. The van der Waals surface area contributed by atoms with Crippen molar-refractivity contribution in [3.8, 4) is 0 Å². The lowest BCUT2D eigenvalue weighted by Crippen LogP contribution is -2.17. The Bertz CT molecular complexity index is 770. The van der Waals surface area contributed by atoms with E-state index in [9.17, 15) is 9.36 Å². The maximum atomic E-state index is 13.5. The van der Waals surface area contributed by atoms with Gasteiger partial charge in [0, 0.05) is 12.5 Å². The zero-order valence-corrected chi connectivity index (χ0v) is 16.2. The van der Waals surface area contributed by atoms with Gasteiger partial charge in [-0.05, 0) is 44.5 Å². The van der Waals surface area contributed by atoms with E-state index in [-0.39, 0.29) is 12.2 Å². The molecule has 0 spiro atoms. The van der Waals surface area contributed by atoms with Crippen molar-refractivity contribution in [3.63, 3.8) is 0 Å². The van der Waals surface area contributed by atoms with Crippen LogP contribution in [0.5, 0.6) is 0 Å². The van der Waals surface area contributed by atoms with Gasteiger partial charge in [-0.1, -0.05) is 36.4 Å². The second kappa shape index (κ2) is 8.13. The highest BCUT2D eigenvalue weighted by Crippen LogP contribution is 2.63. The fourth-order valence-corrected chi connectivity index (χ4v) is 4.81. The Kier molecular flexibility index (Phi) is 6.39. The number of ether oxygens (including phenoxy) is 1. The molecule has 0 radical (unpaired) electrons. The van der Waals surface area contributed by atoms with Crippen LogP contribution in [0.4, 0.5) is 0 Å². The van der Waals surface area contributed by atoms with Crippen LogP contribution in [0, 0.1) is 0 Å². The molecule has 2 aromatic carbocycles. The Morgan fingerprint density at radius 2 is 1.48 bits per heavy atom.